The fourth-order valence-electron chi connectivity index (χ4n) is 9.37. The third kappa shape index (κ3) is 2.40. The average molecular weight is 465 g/mol. The van der Waals surface area contributed by atoms with Gasteiger partial charge in [0.1, 0.15) is 6.61 Å². The minimum Gasteiger partial charge on any atom is -0.390 e. The van der Waals surface area contributed by atoms with Crippen molar-refractivity contribution >= 4 is 11.6 Å². The molecule has 5 aliphatic rings. The minimum absolute atomic E-state index is 0.0137. The van der Waals surface area contributed by atoms with Crippen LogP contribution in [0.2, 0.25) is 0 Å². The number of allylic oxidation sites excluding steroid dienone is 4. The van der Waals surface area contributed by atoms with E-state index >= 15 is 4.39 Å². The first-order chi connectivity index (χ1) is 16.1. The highest BCUT2D eigenvalue weighted by atomic mass is 19.1. The molecule has 3 fully saturated rings. The van der Waals surface area contributed by atoms with E-state index in [2.05, 4.69) is 19.1 Å². The molecule has 4 nitrogen and oxygen atoms in total. The maximum Gasteiger partial charge on any atom is 0.178 e. The fraction of sp³-hybridized carbons (Fsp3) is 0.586. The van der Waals surface area contributed by atoms with Crippen LogP contribution in [0.15, 0.2) is 48.1 Å². The number of hydrogen-bond donors (Lipinski definition) is 2. The van der Waals surface area contributed by atoms with Gasteiger partial charge in [0.15, 0.2) is 17.2 Å². The highest BCUT2D eigenvalue weighted by Crippen LogP contribution is 2.74. The lowest BCUT2D eigenvalue weighted by molar-refractivity contribution is -0.207. The molecule has 0 amide bonds. The first-order valence-corrected chi connectivity index (χ1v) is 12.6. The lowest BCUT2D eigenvalue weighted by Gasteiger charge is -2.63. The van der Waals surface area contributed by atoms with E-state index in [9.17, 15) is 19.8 Å². The van der Waals surface area contributed by atoms with Gasteiger partial charge in [0.25, 0.3) is 0 Å². The van der Waals surface area contributed by atoms with Crippen LogP contribution in [0.4, 0.5) is 4.39 Å². The Bertz CT molecular complexity index is 1150. The first kappa shape index (κ1) is 22.4. The lowest BCUT2D eigenvalue weighted by Crippen LogP contribution is -2.68. The Morgan fingerprint density at radius 1 is 1.18 bits per heavy atom. The summed E-state index contributed by atoms with van der Waals surface area (Å²) in [4.78, 5) is 25.7. The smallest absolute Gasteiger partial charge is 0.178 e. The minimum atomic E-state index is -1.90. The molecule has 0 spiro atoms. The summed E-state index contributed by atoms with van der Waals surface area (Å²) in [6, 6.07) is 8.19. The topological polar surface area (TPSA) is 74.6 Å². The maximum atomic E-state index is 17.4. The van der Waals surface area contributed by atoms with Gasteiger partial charge in [0.05, 0.1) is 6.10 Å². The third-order valence-electron chi connectivity index (χ3n) is 11.0. The van der Waals surface area contributed by atoms with Gasteiger partial charge in [-0.2, -0.15) is 0 Å². The summed E-state index contributed by atoms with van der Waals surface area (Å²) in [6.07, 6.45) is 6.77. The molecule has 8 atom stereocenters. The Balaban J connectivity index is 1.50. The summed E-state index contributed by atoms with van der Waals surface area (Å²) in [6.45, 7) is 3.38. The van der Waals surface area contributed by atoms with Gasteiger partial charge in [-0.15, -0.1) is 0 Å². The summed E-state index contributed by atoms with van der Waals surface area (Å²) in [5, 5.41) is 21.7. The SMILES string of the molecule is C[C@]12C=CC(=O)C=C1CCC1C3CC4Cc5ccccc5C[C@@]4(C(=O)CO)[C@@]3(C)CC(O)[C@@]12F. The van der Waals surface area contributed by atoms with E-state index < -0.39 is 40.5 Å². The zero-order chi connectivity index (χ0) is 24.1. The predicted molar refractivity (Wildman–Crippen MR) is 126 cm³/mol. The highest BCUT2D eigenvalue weighted by Gasteiger charge is 2.76. The third-order valence-corrected chi connectivity index (χ3v) is 11.0. The van der Waals surface area contributed by atoms with Crippen molar-refractivity contribution in [1.29, 1.82) is 0 Å². The van der Waals surface area contributed by atoms with Crippen molar-refractivity contribution in [2.75, 3.05) is 6.61 Å². The first-order valence-electron chi connectivity index (χ1n) is 12.6. The molecular formula is C29H33FO4. The van der Waals surface area contributed by atoms with E-state index in [1.807, 2.05) is 19.1 Å². The largest absolute Gasteiger partial charge is 0.390 e. The van der Waals surface area contributed by atoms with Crippen LogP contribution in [0.25, 0.3) is 0 Å². The predicted octanol–water partition coefficient (Wildman–Crippen LogP) is 3.93. The second kappa shape index (κ2) is 6.98. The van der Waals surface area contributed by atoms with Crippen LogP contribution < -0.4 is 0 Å². The fourth-order valence-corrected chi connectivity index (χ4v) is 9.37. The lowest BCUT2D eigenvalue weighted by atomic mass is 9.42. The number of halogens is 1. The van der Waals surface area contributed by atoms with E-state index in [0.29, 0.717) is 19.3 Å². The summed E-state index contributed by atoms with van der Waals surface area (Å²) in [5.41, 5.74) is -1.22. The van der Waals surface area contributed by atoms with Gasteiger partial charge in [0.2, 0.25) is 0 Å². The van der Waals surface area contributed by atoms with E-state index in [1.165, 1.54) is 11.6 Å². The average Bonchev–Trinajstić information content (AvgIpc) is 3.07. The van der Waals surface area contributed by atoms with Crippen molar-refractivity contribution < 1.29 is 24.2 Å². The van der Waals surface area contributed by atoms with E-state index in [-0.39, 0.29) is 29.8 Å². The molecule has 1 aromatic carbocycles. The number of carbonyl (C=O) groups is 2. The summed E-state index contributed by atoms with van der Waals surface area (Å²) < 4.78 is 17.4. The van der Waals surface area contributed by atoms with Crippen molar-refractivity contribution in [3.05, 3.63) is 59.2 Å². The van der Waals surface area contributed by atoms with Gasteiger partial charge < -0.3 is 10.2 Å². The number of aliphatic hydroxyl groups is 2. The molecular weight excluding hydrogens is 431 g/mol. The van der Waals surface area contributed by atoms with Crippen LogP contribution in [0.1, 0.15) is 50.7 Å². The molecule has 1 aromatic rings. The molecule has 5 heteroatoms. The van der Waals surface area contributed by atoms with Crippen molar-refractivity contribution in [2.24, 2.45) is 34.0 Å². The zero-order valence-electron chi connectivity index (χ0n) is 19.9. The number of ketones is 2. The number of alkyl halides is 1. The van der Waals surface area contributed by atoms with Crippen LogP contribution in [0.5, 0.6) is 0 Å². The van der Waals surface area contributed by atoms with Gasteiger partial charge in [-0.1, -0.05) is 42.8 Å². The van der Waals surface area contributed by atoms with Crippen LogP contribution in [0.3, 0.4) is 0 Å². The van der Waals surface area contributed by atoms with Gasteiger partial charge >= 0.3 is 0 Å². The molecule has 34 heavy (non-hydrogen) atoms. The quantitative estimate of drug-likeness (QED) is 0.696. The number of benzene rings is 1. The maximum absolute atomic E-state index is 17.4. The van der Waals surface area contributed by atoms with E-state index in [1.54, 1.807) is 12.2 Å². The van der Waals surface area contributed by atoms with Gasteiger partial charge in [-0.05, 0) is 86.0 Å². The molecule has 0 bridgehead atoms. The molecule has 5 aliphatic carbocycles. The molecule has 0 radical (unpaired) electrons. The number of carbonyl (C=O) groups excluding carboxylic acids is 2. The number of fused-ring (bicyclic) bond motifs is 8. The molecule has 3 saturated carbocycles. The van der Waals surface area contributed by atoms with E-state index in [0.717, 1.165) is 24.0 Å². The zero-order valence-corrected chi connectivity index (χ0v) is 19.9. The van der Waals surface area contributed by atoms with E-state index in [4.69, 9.17) is 0 Å². The van der Waals surface area contributed by atoms with Crippen molar-refractivity contribution in [3.8, 4) is 0 Å². The summed E-state index contributed by atoms with van der Waals surface area (Å²) in [5.74, 6) is -0.776. The van der Waals surface area contributed by atoms with Crippen molar-refractivity contribution in [2.45, 2.75) is 64.1 Å². The Morgan fingerprint density at radius 2 is 1.91 bits per heavy atom. The second-order valence-corrected chi connectivity index (χ2v) is 11.9. The molecule has 4 unspecified atom stereocenters. The molecule has 0 aromatic heterocycles. The Hall–Kier alpha value is -2.11. The van der Waals surface area contributed by atoms with Crippen LogP contribution >= 0.6 is 0 Å². The Morgan fingerprint density at radius 3 is 2.65 bits per heavy atom. The molecule has 2 N–H and O–H groups in total. The number of aliphatic hydroxyl groups excluding tert-OH is 2. The van der Waals surface area contributed by atoms with Crippen molar-refractivity contribution in [1.82, 2.24) is 0 Å². The number of hydrogen-bond acceptors (Lipinski definition) is 4. The van der Waals surface area contributed by atoms with Gasteiger partial charge in [-0.3, -0.25) is 9.59 Å². The Kier molecular flexibility index (Phi) is 4.59. The number of Topliss-reactive ketones (excluding diaryl/α,β-unsaturated/α-hetero) is 1. The van der Waals surface area contributed by atoms with Gasteiger partial charge in [-0.25, -0.2) is 4.39 Å². The Labute approximate surface area is 199 Å². The molecule has 180 valence electrons. The van der Waals surface area contributed by atoms with Crippen LogP contribution in [-0.4, -0.2) is 40.2 Å². The van der Waals surface area contributed by atoms with Crippen molar-refractivity contribution in [3.63, 3.8) is 0 Å². The molecule has 0 saturated heterocycles. The number of rotatable bonds is 2. The monoisotopic (exact) mass is 464 g/mol. The molecule has 0 heterocycles. The molecule has 6 rings (SSSR count). The normalized spacial score (nSPS) is 46.5. The van der Waals surface area contributed by atoms with Crippen LogP contribution in [0, 0.1) is 34.0 Å². The highest BCUT2D eigenvalue weighted by molar-refractivity contribution is 6.01. The summed E-state index contributed by atoms with van der Waals surface area (Å²) >= 11 is 0. The second-order valence-electron chi connectivity index (χ2n) is 11.9. The summed E-state index contributed by atoms with van der Waals surface area (Å²) in [7, 11) is 0. The van der Waals surface area contributed by atoms with Crippen LogP contribution in [-0.2, 0) is 22.4 Å². The molecule has 0 aliphatic heterocycles. The standard InChI is InChI=1S/C29H33FO4/c1-26-10-9-21(32)12-19(26)7-8-22-23-13-20-11-17-5-3-4-6-18(17)14-28(20,25(34)16-31)27(23,2)15-24(33)29(22,26)30/h3-6,9-10,12,20,22-24,31,33H,7-8,11,13-16H2,1-2H3/t20?,22?,23?,24?,26-,27-,28+,29-/m0/s1. The van der Waals surface area contributed by atoms with Gasteiger partial charge in [0, 0.05) is 16.7 Å².